The lowest BCUT2D eigenvalue weighted by atomic mass is 9.87. The number of halogens is 3. The van der Waals surface area contributed by atoms with Crippen LogP contribution in [0.1, 0.15) is 70.8 Å². The summed E-state index contributed by atoms with van der Waals surface area (Å²) in [7, 11) is 0. The maximum absolute atomic E-state index is 14.8. The first-order valence-electron chi connectivity index (χ1n) is 12.6. The number of esters is 1. The molecule has 0 amide bonds. The van der Waals surface area contributed by atoms with Gasteiger partial charge in [-0.1, -0.05) is 63.8 Å². The van der Waals surface area contributed by atoms with Crippen molar-refractivity contribution in [3.05, 3.63) is 65.0 Å². The van der Waals surface area contributed by atoms with E-state index >= 15 is 0 Å². The zero-order chi connectivity index (χ0) is 24.2. The van der Waals surface area contributed by atoms with Gasteiger partial charge in [0.25, 0.3) is 0 Å². The fraction of sp³-hybridized carbons (Fsp3) is 0.483. The number of benzene rings is 2. The van der Waals surface area contributed by atoms with Gasteiger partial charge in [-0.25, -0.2) is 18.0 Å². The lowest BCUT2D eigenvalue weighted by Gasteiger charge is -2.19. The lowest BCUT2D eigenvalue weighted by molar-refractivity contribution is -0.131. The van der Waals surface area contributed by atoms with E-state index in [1.807, 2.05) is 6.08 Å². The molecule has 2 aliphatic carbocycles. The molecule has 2 aromatic rings. The molecule has 3 unspecified atom stereocenters. The summed E-state index contributed by atoms with van der Waals surface area (Å²) in [5.41, 5.74) is 1.17. The number of rotatable bonds is 9. The molecule has 2 nitrogen and oxygen atoms in total. The molecule has 3 atom stereocenters. The molecule has 34 heavy (non-hydrogen) atoms. The summed E-state index contributed by atoms with van der Waals surface area (Å²) < 4.78 is 49.5. The molecule has 0 N–H and O–H groups in total. The van der Waals surface area contributed by atoms with Gasteiger partial charge in [-0.2, -0.15) is 0 Å². The second-order valence-corrected chi connectivity index (χ2v) is 9.68. The minimum absolute atomic E-state index is 0.0113. The fourth-order valence-corrected chi connectivity index (χ4v) is 5.75. The molecule has 0 bridgehead atoms. The summed E-state index contributed by atoms with van der Waals surface area (Å²) in [4.78, 5) is 12.8. The fourth-order valence-electron chi connectivity index (χ4n) is 5.75. The zero-order valence-electron chi connectivity index (χ0n) is 20.0. The molecule has 2 aromatic carbocycles. The molecular weight excluding hydrogens is 437 g/mol. The Hall–Kier alpha value is -2.56. The first-order chi connectivity index (χ1) is 16.4. The van der Waals surface area contributed by atoms with Gasteiger partial charge in [0.15, 0.2) is 23.2 Å². The van der Waals surface area contributed by atoms with Gasteiger partial charge in [0.2, 0.25) is 0 Å². The number of aryl methyl sites for hydroxylation is 1. The molecule has 5 heteroatoms. The lowest BCUT2D eigenvalue weighted by Crippen LogP contribution is -2.19. The second-order valence-electron chi connectivity index (χ2n) is 9.68. The molecule has 0 heterocycles. The highest BCUT2D eigenvalue weighted by molar-refractivity contribution is 5.91. The van der Waals surface area contributed by atoms with E-state index in [0.717, 1.165) is 51.0 Å². The first-order valence-corrected chi connectivity index (χ1v) is 12.6. The van der Waals surface area contributed by atoms with E-state index in [1.165, 1.54) is 24.6 Å². The third-order valence-electron chi connectivity index (χ3n) is 7.53. The first kappa shape index (κ1) is 24.6. The molecule has 0 spiro atoms. The largest absolute Gasteiger partial charge is 0.420 e. The third kappa shape index (κ3) is 4.94. The van der Waals surface area contributed by atoms with Crippen molar-refractivity contribution in [2.24, 2.45) is 17.8 Å². The highest BCUT2D eigenvalue weighted by atomic mass is 19.2. The Morgan fingerprint density at radius 2 is 1.82 bits per heavy atom. The molecule has 1 fully saturated rings. The van der Waals surface area contributed by atoms with E-state index in [4.69, 9.17) is 4.74 Å². The van der Waals surface area contributed by atoms with E-state index in [1.54, 1.807) is 6.07 Å². The van der Waals surface area contributed by atoms with Crippen molar-refractivity contribution in [2.75, 3.05) is 0 Å². The summed E-state index contributed by atoms with van der Waals surface area (Å²) in [6, 6.07) is 6.91. The van der Waals surface area contributed by atoms with Gasteiger partial charge in [0.1, 0.15) is 0 Å². The third-order valence-corrected chi connectivity index (χ3v) is 7.53. The van der Waals surface area contributed by atoms with Gasteiger partial charge < -0.3 is 4.74 Å². The number of hydrogen-bond acceptors (Lipinski definition) is 2. The van der Waals surface area contributed by atoms with Crippen LogP contribution in [0.3, 0.4) is 0 Å². The van der Waals surface area contributed by atoms with Crippen LogP contribution in [-0.2, 0) is 11.2 Å². The molecule has 0 saturated heterocycles. The van der Waals surface area contributed by atoms with E-state index in [0.29, 0.717) is 29.4 Å². The molecule has 1 saturated carbocycles. The Morgan fingerprint density at radius 3 is 2.56 bits per heavy atom. The highest BCUT2D eigenvalue weighted by Gasteiger charge is 2.42. The molecule has 2 aliphatic rings. The molecule has 182 valence electrons. The van der Waals surface area contributed by atoms with Gasteiger partial charge in [0, 0.05) is 11.1 Å². The SMILES string of the molecule is CCCCCc1ccc(-c2ccc(OC(=O)C3=CCC4C(CCC)CCC34)c(F)c2)c(F)c1F. The summed E-state index contributed by atoms with van der Waals surface area (Å²) >= 11 is 0. The normalized spacial score (nSPS) is 21.4. The average Bonchev–Trinajstić information content (AvgIpc) is 3.41. The number of ether oxygens (including phenoxy) is 1. The van der Waals surface area contributed by atoms with Gasteiger partial charge in [0.05, 0.1) is 0 Å². The van der Waals surface area contributed by atoms with E-state index in [2.05, 4.69) is 13.8 Å². The van der Waals surface area contributed by atoms with Crippen LogP contribution in [0.2, 0.25) is 0 Å². The van der Waals surface area contributed by atoms with Crippen molar-refractivity contribution in [1.29, 1.82) is 0 Å². The number of carbonyl (C=O) groups excluding carboxylic acids is 1. The van der Waals surface area contributed by atoms with Gasteiger partial charge in [-0.3, -0.25) is 0 Å². The van der Waals surface area contributed by atoms with Crippen molar-refractivity contribution < 1.29 is 22.7 Å². The predicted molar refractivity (Wildman–Crippen MR) is 128 cm³/mol. The molecule has 0 aliphatic heterocycles. The standard InChI is InChI=1S/C29H33F3O2/c1-3-5-6-8-19-10-12-22(28(32)27(19)31)20-11-16-26(25(30)17-20)34-29(33)24-15-14-21-18(7-4-2)9-13-23(21)24/h10-12,15-18,21,23H,3-9,13-14H2,1-2H3. The summed E-state index contributed by atoms with van der Waals surface area (Å²) in [5.74, 6) is -2.03. The van der Waals surface area contributed by atoms with Crippen molar-refractivity contribution in [3.63, 3.8) is 0 Å². The predicted octanol–water partition coefficient (Wildman–Crippen LogP) is 8.18. The van der Waals surface area contributed by atoms with Gasteiger partial charge in [-0.05, 0) is 73.1 Å². The Labute approximate surface area is 200 Å². The van der Waals surface area contributed by atoms with Crippen molar-refractivity contribution in [3.8, 4) is 16.9 Å². The minimum atomic E-state index is -0.983. The summed E-state index contributed by atoms with van der Waals surface area (Å²) in [6.07, 6.45) is 10.4. The van der Waals surface area contributed by atoms with Crippen LogP contribution in [0.15, 0.2) is 42.0 Å². The van der Waals surface area contributed by atoms with Crippen LogP contribution in [0, 0.1) is 35.2 Å². The maximum atomic E-state index is 14.8. The molecule has 0 radical (unpaired) electrons. The number of unbranched alkanes of at least 4 members (excludes halogenated alkanes) is 2. The summed E-state index contributed by atoms with van der Waals surface area (Å²) in [5, 5.41) is 0. The monoisotopic (exact) mass is 470 g/mol. The Balaban J connectivity index is 1.46. The number of fused-ring (bicyclic) bond motifs is 1. The molecule has 4 rings (SSSR count). The van der Waals surface area contributed by atoms with Crippen LogP contribution in [0.4, 0.5) is 13.2 Å². The van der Waals surface area contributed by atoms with E-state index in [-0.39, 0.29) is 22.8 Å². The minimum Gasteiger partial charge on any atom is -0.420 e. The van der Waals surface area contributed by atoms with E-state index in [9.17, 15) is 18.0 Å². The zero-order valence-corrected chi connectivity index (χ0v) is 20.0. The van der Waals surface area contributed by atoms with Crippen molar-refractivity contribution in [1.82, 2.24) is 0 Å². The Kier molecular flexibility index (Phi) is 7.80. The Morgan fingerprint density at radius 1 is 1.00 bits per heavy atom. The second kappa shape index (κ2) is 10.8. The van der Waals surface area contributed by atoms with Crippen LogP contribution >= 0.6 is 0 Å². The Bertz CT molecular complexity index is 1080. The average molecular weight is 471 g/mol. The number of hydrogen-bond donors (Lipinski definition) is 0. The van der Waals surface area contributed by atoms with Crippen LogP contribution in [-0.4, -0.2) is 5.97 Å². The van der Waals surface area contributed by atoms with Crippen molar-refractivity contribution in [2.45, 2.75) is 71.6 Å². The quantitative estimate of drug-likeness (QED) is 0.210. The molecular formula is C29H33F3O2. The maximum Gasteiger partial charge on any atom is 0.339 e. The topological polar surface area (TPSA) is 26.3 Å². The van der Waals surface area contributed by atoms with Crippen LogP contribution in [0.25, 0.3) is 11.1 Å². The van der Waals surface area contributed by atoms with Crippen LogP contribution < -0.4 is 4.74 Å². The van der Waals surface area contributed by atoms with Gasteiger partial charge in [-0.15, -0.1) is 0 Å². The number of carbonyl (C=O) groups is 1. The van der Waals surface area contributed by atoms with Crippen molar-refractivity contribution >= 4 is 5.97 Å². The summed E-state index contributed by atoms with van der Waals surface area (Å²) in [6.45, 7) is 4.23. The molecule has 0 aromatic heterocycles. The van der Waals surface area contributed by atoms with Crippen LogP contribution in [0.5, 0.6) is 5.75 Å². The number of allylic oxidation sites excluding steroid dienone is 1. The van der Waals surface area contributed by atoms with Gasteiger partial charge >= 0.3 is 5.97 Å². The van der Waals surface area contributed by atoms with E-state index < -0.39 is 23.4 Å². The highest BCUT2D eigenvalue weighted by Crippen LogP contribution is 2.49. The smallest absolute Gasteiger partial charge is 0.339 e.